The van der Waals surface area contributed by atoms with Gasteiger partial charge in [-0.05, 0) is 31.5 Å². The second-order valence-corrected chi connectivity index (χ2v) is 5.97. The number of hydrogen-bond donors (Lipinski definition) is 1. The molecule has 0 aromatic heterocycles. The van der Waals surface area contributed by atoms with Crippen LogP contribution in [-0.4, -0.2) is 18.0 Å². The van der Waals surface area contributed by atoms with Crippen LogP contribution in [0.5, 0.6) is 0 Å². The molecule has 2 atom stereocenters. The van der Waals surface area contributed by atoms with E-state index in [-0.39, 0.29) is 17.9 Å². The summed E-state index contributed by atoms with van der Waals surface area (Å²) in [5.41, 5.74) is 0.747. The van der Waals surface area contributed by atoms with Crippen molar-refractivity contribution >= 4 is 35.1 Å². The lowest BCUT2D eigenvalue weighted by Crippen LogP contribution is -2.38. The van der Waals surface area contributed by atoms with Crippen molar-refractivity contribution in [3.63, 3.8) is 0 Å². The molecule has 6 heteroatoms. The van der Waals surface area contributed by atoms with E-state index >= 15 is 0 Å². The van der Waals surface area contributed by atoms with Gasteiger partial charge in [0.15, 0.2) is 6.10 Å². The average molecular weight is 332 g/mol. The number of halogens is 2. The number of hydrogen-bond acceptors (Lipinski definition) is 3. The van der Waals surface area contributed by atoms with Gasteiger partial charge in [0.2, 0.25) is 0 Å². The van der Waals surface area contributed by atoms with Crippen LogP contribution in [0, 0.1) is 5.92 Å². The van der Waals surface area contributed by atoms with Crippen molar-refractivity contribution in [2.75, 3.05) is 0 Å². The van der Waals surface area contributed by atoms with Crippen molar-refractivity contribution in [1.29, 1.82) is 0 Å². The van der Waals surface area contributed by atoms with Crippen LogP contribution in [0.3, 0.4) is 0 Å². The molecule has 1 amide bonds. The van der Waals surface area contributed by atoms with Crippen LogP contribution in [0.1, 0.15) is 39.3 Å². The smallest absolute Gasteiger partial charge is 0.309 e. The van der Waals surface area contributed by atoms with Crippen molar-refractivity contribution in [2.45, 2.75) is 39.8 Å². The molecule has 0 unspecified atom stereocenters. The SMILES string of the molecule is CC(C)C(=O)O[C@@H](C)C(=O)N[C@H](C)c1ccc(Cl)cc1Cl. The van der Waals surface area contributed by atoms with Gasteiger partial charge in [-0.1, -0.05) is 43.1 Å². The van der Waals surface area contributed by atoms with Crippen molar-refractivity contribution in [2.24, 2.45) is 5.92 Å². The fourth-order valence-corrected chi connectivity index (χ4v) is 2.20. The van der Waals surface area contributed by atoms with E-state index < -0.39 is 12.1 Å². The largest absolute Gasteiger partial charge is 0.452 e. The molecule has 1 rings (SSSR count). The highest BCUT2D eigenvalue weighted by molar-refractivity contribution is 6.35. The first-order valence-corrected chi connectivity index (χ1v) is 7.43. The van der Waals surface area contributed by atoms with E-state index in [0.29, 0.717) is 10.0 Å². The molecule has 0 aliphatic heterocycles. The molecule has 116 valence electrons. The molecule has 4 nitrogen and oxygen atoms in total. The molecular formula is C15H19Cl2NO3. The Bertz CT molecular complexity index is 532. The number of benzene rings is 1. The van der Waals surface area contributed by atoms with Crippen LogP contribution >= 0.6 is 23.2 Å². The minimum absolute atomic E-state index is 0.275. The number of amides is 1. The van der Waals surface area contributed by atoms with Crippen LogP contribution < -0.4 is 5.32 Å². The lowest BCUT2D eigenvalue weighted by Gasteiger charge is -2.19. The molecule has 21 heavy (non-hydrogen) atoms. The highest BCUT2D eigenvalue weighted by Crippen LogP contribution is 2.26. The first kappa shape index (κ1) is 17.8. The van der Waals surface area contributed by atoms with Crippen LogP contribution in [0.4, 0.5) is 0 Å². The van der Waals surface area contributed by atoms with Gasteiger partial charge in [0.05, 0.1) is 12.0 Å². The molecule has 0 radical (unpaired) electrons. The summed E-state index contributed by atoms with van der Waals surface area (Å²) in [7, 11) is 0. The molecule has 0 saturated heterocycles. The molecule has 0 bridgehead atoms. The van der Waals surface area contributed by atoms with Crippen molar-refractivity contribution < 1.29 is 14.3 Å². The minimum Gasteiger partial charge on any atom is -0.452 e. The molecule has 0 heterocycles. The summed E-state index contributed by atoms with van der Waals surface area (Å²) in [4.78, 5) is 23.5. The molecule has 0 aliphatic rings. The Morgan fingerprint density at radius 1 is 1.14 bits per heavy atom. The zero-order valence-electron chi connectivity index (χ0n) is 12.4. The van der Waals surface area contributed by atoms with Gasteiger partial charge < -0.3 is 10.1 Å². The van der Waals surface area contributed by atoms with Gasteiger partial charge in [-0.2, -0.15) is 0 Å². The van der Waals surface area contributed by atoms with Gasteiger partial charge in [-0.15, -0.1) is 0 Å². The number of rotatable bonds is 5. The number of carbonyl (C=O) groups is 2. The minimum atomic E-state index is -0.853. The third-order valence-corrected chi connectivity index (χ3v) is 3.48. The Morgan fingerprint density at radius 3 is 2.29 bits per heavy atom. The molecule has 1 N–H and O–H groups in total. The zero-order valence-corrected chi connectivity index (χ0v) is 14.0. The highest BCUT2D eigenvalue weighted by atomic mass is 35.5. The van der Waals surface area contributed by atoms with Crippen LogP contribution in [0.2, 0.25) is 10.0 Å². The molecule has 1 aromatic rings. The van der Waals surface area contributed by atoms with Crippen molar-refractivity contribution in [3.05, 3.63) is 33.8 Å². The molecule has 0 fully saturated rings. The Kier molecular flexibility index (Phi) is 6.49. The number of esters is 1. The lowest BCUT2D eigenvalue weighted by atomic mass is 10.1. The number of nitrogens with one attached hydrogen (secondary N) is 1. The Balaban J connectivity index is 2.67. The highest BCUT2D eigenvalue weighted by Gasteiger charge is 2.22. The number of ether oxygens (including phenoxy) is 1. The third kappa shape index (κ3) is 5.21. The van der Waals surface area contributed by atoms with Gasteiger partial charge in [0, 0.05) is 10.0 Å². The zero-order chi connectivity index (χ0) is 16.2. The topological polar surface area (TPSA) is 55.4 Å². The summed E-state index contributed by atoms with van der Waals surface area (Å²) in [6.07, 6.45) is -0.853. The van der Waals surface area contributed by atoms with E-state index in [1.807, 2.05) is 0 Å². The monoisotopic (exact) mass is 331 g/mol. The summed E-state index contributed by atoms with van der Waals surface area (Å²) >= 11 is 11.9. The Hall–Kier alpha value is -1.26. The van der Waals surface area contributed by atoms with Crippen molar-refractivity contribution in [1.82, 2.24) is 5.32 Å². The molecule has 0 spiro atoms. The summed E-state index contributed by atoms with van der Waals surface area (Å²) in [6, 6.07) is 4.75. The second-order valence-electron chi connectivity index (χ2n) is 5.13. The number of carbonyl (C=O) groups excluding carboxylic acids is 2. The summed E-state index contributed by atoms with van der Waals surface area (Å²) in [6.45, 7) is 6.75. The first-order chi connectivity index (χ1) is 9.72. The Morgan fingerprint density at radius 2 is 1.76 bits per heavy atom. The standard InChI is InChI=1S/C15H19Cl2NO3/c1-8(2)15(20)21-10(4)14(19)18-9(3)12-6-5-11(16)7-13(12)17/h5-10H,1-4H3,(H,18,19)/t9-,10+/m1/s1. The van der Waals surface area contributed by atoms with E-state index in [0.717, 1.165) is 5.56 Å². The molecule has 0 saturated carbocycles. The molecular weight excluding hydrogens is 313 g/mol. The maximum absolute atomic E-state index is 12.0. The fourth-order valence-electron chi connectivity index (χ4n) is 1.63. The van der Waals surface area contributed by atoms with Crippen LogP contribution in [0.15, 0.2) is 18.2 Å². The molecule has 1 aromatic carbocycles. The summed E-state index contributed by atoms with van der Waals surface area (Å²) < 4.78 is 5.05. The van der Waals surface area contributed by atoms with Gasteiger partial charge in [0.1, 0.15) is 0 Å². The summed E-state index contributed by atoms with van der Waals surface area (Å²) in [5, 5.41) is 3.76. The second kappa shape index (κ2) is 7.66. The quantitative estimate of drug-likeness (QED) is 0.836. The normalized spacial score (nSPS) is 13.7. The summed E-state index contributed by atoms with van der Waals surface area (Å²) in [5.74, 6) is -1.05. The fraction of sp³-hybridized carbons (Fsp3) is 0.467. The van der Waals surface area contributed by atoms with Crippen LogP contribution in [0.25, 0.3) is 0 Å². The van der Waals surface area contributed by atoms with E-state index in [1.165, 1.54) is 6.92 Å². The van der Waals surface area contributed by atoms with Gasteiger partial charge in [0.25, 0.3) is 5.91 Å². The lowest BCUT2D eigenvalue weighted by molar-refractivity contribution is -0.158. The Labute approximate surface area is 134 Å². The van der Waals surface area contributed by atoms with E-state index in [1.54, 1.807) is 39.0 Å². The van der Waals surface area contributed by atoms with Gasteiger partial charge >= 0.3 is 5.97 Å². The van der Waals surface area contributed by atoms with Gasteiger partial charge in [-0.25, -0.2) is 0 Å². The average Bonchev–Trinajstić information content (AvgIpc) is 2.37. The predicted octanol–water partition coefficient (Wildman–Crippen LogP) is 3.76. The third-order valence-electron chi connectivity index (χ3n) is 2.92. The predicted molar refractivity (Wildman–Crippen MR) is 83.4 cm³/mol. The van der Waals surface area contributed by atoms with Crippen molar-refractivity contribution in [3.8, 4) is 0 Å². The molecule has 0 aliphatic carbocycles. The van der Waals surface area contributed by atoms with E-state index in [2.05, 4.69) is 5.32 Å². The van der Waals surface area contributed by atoms with Crippen LogP contribution in [-0.2, 0) is 14.3 Å². The van der Waals surface area contributed by atoms with E-state index in [9.17, 15) is 9.59 Å². The van der Waals surface area contributed by atoms with Gasteiger partial charge in [-0.3, -0.25) is 9.59 Å². The van der Waals surface area contributed by atoms with E-state index in [4.69, 9.17) is 27.9 Å². The maximum Gasteiger partial charge on any atom is 0.309 e. The maximum atomic E-state index is 12.0. The first-order valence-electron chi connectivity index (χ1n) is 6.68.